The van der Waals surface area contributed by atoms with Crippen molar-refractivity contribution < 1.29 is 13.5 Å². The molecule has 0 radical (unpaired) electrons. The van der Waals surface area contributed by atoms with Crippen LogP contribution in [0.5, 0.6) is 0 Å². The molecule has 1 heterocycles. The minimum atomic E-state index is -3.11. The van der Waals surface area contributed by atoms with E-state index in [2.05, 4.69) is 12.2 Å². The number of sulfone groups is 1. The smallest absolute Gasteiger partial charge is 0.178 e. The molecule has 0 spiro atoms. The third-order valence-electron chi connectivity index (χ3n) is 4.19. The van der Waals surface area contributed by atoms with Gasteiger partial charge in [0.25, 0.3) is 0 Å². The van der Waals surface area contributed by atoms with Crippen molar-refractivity contribution in [1.29, 1.82) is 0 Å². The van der Waals surface area contributed by atoms with E-state index in [4.69, 9.17) is 5.11 Å². The Morgan fingerprint density at radius 3 is 2.81 bits per heavy atom. The topological polar surface area (TPSA) is 66.4 Å². The maximum atomic E-state index is 12.1. The van der Waals surface area contributed by atoms with Crippen LogP contribution in [0.25, 0.3) is 0 Å². The second kappa shape index (κ2) is 7.38. The third kappa shape index (κ3) is 4.05. The first-order valence-electron chi connectivity index (χ1n) is 7.74. The van der Waals surface area contributed by atoms with E-state index in [1.54, 1.807) is 12.1 Å². The molecule has 0 saturated carbocycles. The summed E-state index contributed by atoms with van der Waals surface area (Å²) < 4.78 is 24.2. The summed E-state index contributed by atoms with van der Waals surface area (Å²) in [7, 11) is -3.11. The van der Waals surface area contributed by atoms with Crippen LogP contribution >= 0.6 is 0 Å². The number of aliphatic hydroxyl groups excluding tert-OH is 1. The van der Waals surface area contributed by atoms with Gasteiger partial charge in [-0.25, -0.2) is 8.42 Å². The molecule has 1 aliphatic rings. The molecular formula is C16H25NO3S. The largest absolute Gasteiger partial charge is 0.396 e. The number of aliphatic hydroxyl groups is 1. The van der Waals surface area contributed by atoms with Gasteiger partial charge in [0.05, 0.1) is 10.6 Å². The molecule has 1 aliphatic heterocycles. The first kappa shape index (κ1) is 16.5. The molecule has 0 amide bonds. The quantitative estimate of drug-likeness (QED) is 0.811. The highest BCUT2D eigenvalue weighted by Crippen LogP contribution is 2.32. The zero-order chi connectivity index (χ0) is 15.3. The lowest BCUT2D eigenvalue weighted by Crippen LogP contribution is -2.33. The molecule has 0 bridgehead atoms. The molecule has 0 aromatic heterocycles. The van der Waals surface area contributed by atoms with Crippen LogP contribution in [0, 0.1) is 5.92 Å². The van der Waals surface area contributed by atoms with Crippen LogP contribution in [0.3, 0.4) is 0 Å². The molecule has 118 valence electrons. The molecule has 0 fully saturated rings. The molecule has 2 unspecified atom stereocenters. The molecule has 21 heavy (non-hydrogen) atoms. The first-order chi connectivity index (χ1) is 10.1. The van der Waals surface area contributed by atoms with Gasteiger partial charge < -0.3 is 10.4 Å². The lowest BCUT2D eigenvalue weighted by molar-refractivity contribution is 0.244. The Morgan fingerprint density at radius 1 is 1.33 bits per heavy atom. The highest BCUT2D eigenvalue weighted by molar-refractivity contribution is 7.91. The van der Waals surface area contributed by atoms with Gasteiger partial charge in [-0.05, 0) is 43.4 Å². The predicted octanol–water partition coefficient (Wildman–Crippen LogP) is 2.29. The Morgan fingerprint density at radius 2 is 2.10 bits per heavy atom. The monoisotopic (exact) mass is 311 g/mol. The molecule has 5 heteroatoms. The van der Waals surface area contributed by atoms with Crippen LogP contribution < -0.4 is 5.32 Å². The Balaban J connectivity index is 2.08. The Hall–Kier alpha value is -0.910. The van der Waals surface area contributed by atoms with E-state index in [0.717, 1.165) is 31.4 Å². The highest BCUT2D eigenvalue weighted by atomic mass is 32.2. The summed E-state index contributed by atoms with van der Waals surface area (Å²) >= 11 is 0. The van der Waals surface area contributed by atoms with Gasteiger partial charge in [0.2, 0.25) is 0 Å². The van der Waals surface area contributed by atoms with E-state index in [1.807, 2.05) is 12.1 Å². The minimum Gasteiger partial charge on any atom is -0.396 e. The fourth-order valence-electron chi connectivity index (χ4n) is 3.05. The van der Waals surface area contributed by atoms with E-state index in [9.17, 15) is 8.42 Å². The molecule has 1 aromatic carbocycles. The number of nitrogens with one attached hydrogen (secondary N) is 1. The molecule has 2 N–H and O–H groups in total. The van der Waals surface area contributed by atoms with Crippen molar-refractivity contribution >= 4 is 9.84 Å². The zero-order valence-corrected chi connectivity index (χ0v) is 13.4. The van der Waals surface area contributed by atoms with Crippen molar-refractivity contribution in [2.45, 2.75) is 43.5 Å². The summed E-state index contributed by atoms with van der Waals surface area (Å²) in [5.74, 6) is 0.658. The van der Waals surface area contributed by atoms with Crippen LogP contribution in [0.1, 0.15) is 44.2 Å². The maximum absolute atomic E-state index is 12.1. The molecule has 1 aromatic rings. The Bertz CT molecular complexity index is 550. The van der Waals surface area contributed by atoms with Gasteiger partial charge in [-0.15, -0.1) is 0 Å². The van der Waals surface area contributed by atoms with Gasteiger partial charge in [-0.1, -0.05) is 31.5 Å². The van der Waals surface area contributed by atoms with Gasteiger partial charge >= 0.3 is 0 Å². The fraction of sp³-hybridized carbons (Fsp3) is 0.625. The van der Waals surface area contributed by atoms with Crippen LogP contribution in [0.2, 0.25) is 0 Å². The second-order valence-corrected chi connectivity index (χ2v) is 7.85. The van der Waals surface area contributed by atoms with Crippen LogP contribution in [0.15, 0.2) is 29.2 Å². The number of rotatable bonds is 7. The average Bonchev–Trinajstić information content (AvgIpc) is 2.47. The van der Waals surface area contributed by atoms with Crippen LogP contribution in [-0.4, -0.2) is 32.4 Å². The average molecular weight is 311 g/mol. The molecule has 4 nitrogen and oxygen atoms in total. The zero-order valence-electron chi connectivity index (χ0n) is 12.6. The summed E-state index contributed by atoms with van der Waals surface area (Å²) in [5.41, 5.74) is 0.892. The summed E-state index contributed by atoms with van der Waals surface area (Å²) in [5, 5.41) is 12.6. The van der Waals surface area contributed by atoms with Gasteiger partial charge in [-0.2, -0.15) is 0 Å². The number of hydrogen-bond acceptors (Lipinski definition) is 4. The molecule has 0 aliphatic carbocycles. The Kier molecular flexibility index (Phi) is 5.79. The predicted molar refractivity (Wildman–Crippen MR) is 84.0 cm³/mol. The fourth-order valence-corrected chi connectivity index (χ4v) is 4.67. The van der Waals surface area contributed by atoms with Gasteiger partial charge in [0, 0.05) is 12.6 Å². The second-order valence-electron chi connectivity index (χ2n) is 5.77. The molecule has 2 rings (SSSR count). The normalized spacial score (nSPS) is 21.7. The van der Waals surface area contributed by atoms with E-state index in [1.165, 1.54) is 0 Å². The Labute approximate surface area is 127 Å². The lowest BCUT2D eigenvalue weighted by Gasteiger charge is -2.28. The lowest BCUT2D eigenvalue weighted by atomic mass is 9.98. The standard InChI is InChI=1S/C16H25NO3S/c1-2-5-13(8-10-18)12-17-15-9-11-21(19,20)16-7-4-3-6-14(15)16/h3-4,6-7,13,15,17-18H,2,5,8-12H2,1H3. The van der Waals surface area contributed by atoms with Gasteiger partial charge in [-0.3, -0.25) is 0 Å². The molecule has 0 saturated heterocycles. The summed E-state index contributed by atoms with van der Waals surface area (Å²) in [6, 6.07) is 7.39. The van der Waals surface area contributed by atoms with Crippen molar-refractivity contribution in [3.05, 3.63) is 29.8 Å². The van der Waals surface area contributed by atoms with Crippen LogP contribution in [0.4, 0.5) is 0 Å². The van der Waals surface area contributed by atoms with Crippen molar-refractivity contribution in [2.75, 3.05) is 18.9 Å². The van der Waals surface area contributed by atoms with E-state index in [-0.39, 0.29) is 18.4 Å². The highest BCUT2D eigenvalue weighted by Gasteiger charge is 2.29. The number of benzene rings is 1. The van der Waals surface area contributed by atoms with Gasteiger partial charge in [0.1, 0.15) is 0 Å². The van der Waals surface area contributed by atoms with Gasteiger partial charge in [0.15, 0.2) is 9.84 Å². The van der Waals surface area contributed by atoms with Crippen LogP contribution in [-0.2, 0) is 9.84 Å². The van der Waals surface area contributed by atoms with E-state index in [0.29, 0.717) is 17.2 Å². The maximum Gasteiger partial charge on any atom is 0.178 e. The molecule has 2 atom stereocenters. The van der Waals surface area contributed by atoms with Crippen molar-refractivity contribution in [3.63, 3.8) is 0 Å². The third-order valence-corrected chi connectivity index (χ3v) is 6.01. The first-order valence-corrected chi connectivity index (χ1v) is 9.39. The van der Waals surface area contributed by atoms with Crippen molar-refractivity contribution in [3.8, 4) is 0 Å². The summed E-state index contributed by atoms with van der Waals surface area (Å²) in [4.78, 5) is 0.475. The SMILES string of the molecule is CCCC(CCO)CNC1CCS(=O)(=O)c2ccccc21. The van der Waals surface area contributed by atoms with Crippen molar-refractivity contribution in [2.24, 2.45) is 5.92 Å². The number of fused-ring (bicyclic) bond motifs is 1. The molecular weight excluding hydrogens is 286 g/mol. The van der Waals surface area contributed by atoms with E-state index >= 15 is 0 Å². The summed E-state index contributed by atoms with van der Waals surface area (Å²) in [6.45, 7) is 3.18. The minimum absolute atomic E-state index is 0.0998. The summed E-state index contributed by atoms with van der Waals surface area (Å²) in [6.07, 6.45) is 3.60. The van der Waals surface area contributed by atoms with Crippen molar-refractivity contribution in [1.82, 2.24) is 5.32 Å². The van der Waals surface area contributed by atoms with E-state index < -0.39 is 9.84 Å². The number of hydrogen-bond donors (Lipinski definition) is 2.